The third-order valence-electron chi connectivity index (χ3n) is 5.94. The van der Waals surface area contributed by atoms with E-state index in [1.54, 1.807) is 4.52 Å². The fourth-order valence-electron chi connectivity index (χ4n) is 4.46. The molecule has 7 heteroatoms. The average Bonchev–Trinajstić information content (AvgIpc) is 3.17. The quantitative estimate of drug-likeness (QED) is 0.592. The summed E-state index contributed by atoms with van der Waals surface area (Å²) in [5.74, 6) is -0.0141. The smallest absolute Gasteiger partial charge is 0.274 e. The number of carbonyl (C=O) groups excluding carboxylic acids is 1. The van der Waals surface area contributed by atoms with Crippen molar-refractivity contribution in [2.45, 2.75) is 19.4 Å². The van der Waals surface area contributed by atoms with Crippen LogP contribution in [-0.4, -0.2) is 53.3 Å². The standard InChI is InChI=1S/C22H23BrN4O2/c1-15-21-16(3-2-4-20(21)25-9-11-29-12-10-25)7-8-26(15)22(28)19-13-18-6-5-17(23)14-27(18)24-19/h2-6,13-15H,7-12H2,1H3. The Morgan fingerprint density at radius 3 is 2.83 bits per heavy atom. The molecule has 29 heavy (non-hydrogen) atoms. The number of aromatic nitrogens is 2. The molecular weight excluding hydrogens is 432 g/mol. The molecule has 0 spiro atoms. The van der Waals surface area contributed by atoms with E-state index in [0.717, 1.165) is 42.7 Å². The number of amides is 1. The number of carbonyl (C=O) groups is 1. The van der Waals surface area contributed by atoms with E-state index in [-0.39, 0.29) is 11.9 Å². The van der Waals surface area contributed by atoms with Gasteiger partial charge in [-0.15, -0.1) is 0 Å². The molecule has 2 aromatic heterocycles. The lowest BCUT2D eigenvalue weighted by molar-refractivity contribution is 0.0671. The van der Waals surface area contributed by atoms with Crippen molar-refractivity contribution in [1.29, 1.82) is 0 Å². The van der Waals surface area contributed by atoms with Gasteiger partial charge in [-0.2, -0.15) is 5.10 Å². The van der Waals surface area contributed by atoms with E-state index in [9.17, 15) is 4.79 Å². The molecule has 6 nitrogen and oxygen atoms in total. The van der Waals surface area contributed by atoms with Gasteiger partial charge in [0, 0.05) is 41.6 Å². The predicted molar refractivity (Wildman–Crippen MR) is 116 cm³/mol. The van der Waals surface area contributed by atoms with Gasteiger partial charge in [-0.1, -0.05) is 12.1 Å². The van der Waals surface area contributed by atoms with Gasteiger partial charge in [-0.3, -0.25) is 4.79 Å². The molecule has 5 rings (SSSR count). The number of ether oxygens (including phenoxy) is 1. The Hall–Kier alpha value is -2.38. The minimum absolute atomic E-state index is 0.00171. The Bertz CT molecular complexity index is 1070. The van der Waals surface area contributed by atoms with Gasteiger partial charge in [0.1, 0.15) is 0 Å². The molecule has 0 N–H and O–H groups in total. The lowest BCUT2D eigenvalue weighted by atomic mass is 9.91. The van der Waals surface area contributed by atoms with E-state index in [0.29, 0.717) is 12.2 Å². The highest BCUT2D eigenvalue weighted by molar-refractivity contribution is 9.10. The SMILES string of the molecule is CC1c2c(cccc2N2CCOCC2)CCN1C(=O)c1cc2ccc(Br)cn2n1. The number of hydrogen-bond acceptors (Lipinski definition) is 4. The molecule has 1 atom stereocenters. The molecule has 3 aromatic rings. The second-order valence-electron chi connectivity index (χ2n) is 7.62. The molecule has 1 fully saturated rings. The first-order chi connectivity index (χ1) is 14.1. The second kappa shape index (κ2) is 7.46. The van der Waals surface area contributed by atoms with E-state index in [4.69, 9.17) is 4.74 Å². The lowest BCUT2D eigenvalue weighted by Crippen LogP contribution is -2.42. The monoisotopic (exact) mass is 454 g/mol. The average molecular weight is 455 g/mol. The summed E-state index contributed by atoms with van der Waals surface area (Å²) in [7, 11) is 0. The van der Waals surface area contributed by atoms with Gasteiger partial charge in [0.25, 0.3) is 5.91 Å². The summed E-state index contributed by atoms with van der Waals surface area (Å²) in [6, 6.07) is 12.3. The summed E-state index contributed by atoms with van der Waals surface area (Å²) in [6.45, 7) is 6.11. The molecule has 1 saturated heterocycles. The molecule has 0 aliphatic carbocycles. The topological polar surface area (TPSA) is 50.1 Å². The Morgan fingerprint density at radius 2 is 2.00 bits per heavy atom. The molecule has 1 amide bonds. The number of fused-ring (bicyclic) bond motifs is 2. The van der Waals surface area contributed by atoms with E-state index < -0.39 is 0 Å². The number of morpholine rings is 1. The van der Waals surface area contributed by atoms with Crippen LogP contribution in [0.2, 0.25) is 0 Å². The van der Waals surface area contributed by atoms with Gasteiger partial charge in [0.2, 0.25) is 0 Å². The lowest BCUT2D eigenvalue weighted by Gasteiger charge is -2.39. The fourth-order valence-corrected chi connectivity index (χ4v) is 4.79. The van der Waals surface area contributed by atoms with Crippen LogP contribution < -0.4 is 4.90 Å². The number of nitrogens with zero attached hydrogens (tertiary/aromatic N) is 4. The maximum atomic E-state index is 13.4. The maximum absolute atomic E-state index is 13.4. The molecule has 0 saturated carbocycles. The van der Waals surface area contributed by atoms with Crippen LogP contribution >= 0.6 is 15.9 Å². The Labute approximate surface area is 178 Å². The first-order valence-corrected chi connectivity index (χ1v) is 10.8. The van der Waals surface area contributed by atoms with Crippen LogP contribution in [0.4, 0.5) is 5.69 Å². The fraction of sp³-hybridized carbons (Fsp3) is 0.364. The van der Waals surface area contributed by atoms with Crippen molar-refractivity contribution in [3.63, 3.8) is 0 Å². The molecule has 2 aliphatic rings. The summed E-state index contributed by atoms with van der Waals surface area (Å²) in [5, 5.41) is 4.52. The number of benzene rings is 1. The van der Waals surface area contributed by atoms with Gasteiger partial charge in [-0.05, 0) is 59.1 Å². The van der Waals surface area contributed by atoms with Crippen LogP contribution in [0.5, 0.6) is 0 Å². The van der Waals surface area contributed by atoms with Gasteiger partial charge in [-0.25, -0.2) is 4.52 Å². The van der Waals surface area contributed by atoms with Crippen molar-refractivity contribution < 1.29 is 9.53 Å². The summed E-state index contributed by atoms with van der Waals surface area (Å²) in [6.07, 6.45) is 2.74. The van der Waals surface area contributed by atoms with Crippen LogP contribution in [0.25, 0.3) is 5.52 Å². The zero-order chi connectivity index (χ0) is 20.0. The summed E-state index contributed by atoms with van der Waals surface area (Å²) in [5.41, 5.74) is 5.23. The normalized spacial score (nSPS) is 19.4. The highest BCUT2D eigenvalue weighted by Crippen LogP contribution is 2.37. The van der Waals surface area contributed by atoms with E-state index in [1.807, 2.05) is 29.3 Å². The third kappa shape index (κ3) is 3.32. The van der Waals surface area contributed by atoms with Gasteiger partial charge in [0.05, 0.1) is 24.8 Å². The summed E-state index contributed by atoms with van der Waals surface area (Å²) < 4.78 is 8.21. The Kier molecular flexibility index (Phi) is 4.80. The number of rotatable bonds is 2. The highest BCUT2D eigenvalue weighted by Gasteiger charge is 2.32. The first kappa shape index (κ1) is 18.6. The van der Waals surface area contributed by atoms with Crippen molar-refractivity contribution in [3.05, 3.63) is 63.9 Å². The van der Waals surface area contributed by atoms with Gasteiger partial charge >= 0.3 is 0 Å². The zero-order valence-corrected chi connectivity index (χ0v) is 17.9. The highest BCUT2D eigenvalue weighted by atomic mass is 79.9. The zero-order valence-electron chi connectivity index (χ0n) is 16.3. The number of pyridine rings is 1. The Balaban J connectivity index is 1.48. The van der Waals surface area contributed by atoms with Crippen LogP contribution in [-0.2, 0) is 11.2 Å². The van der Waals surface area contributed by atoms with Crippen molar-refractivity contribution in [3.8, 4) is 0 Å². The van der Waals surface area contributed by atoms with Crippen LogP contribution in [0, 0.1) is 0 Å². The summed E-state index contributed by atoms with van der Waals surface area (Å²) in [4.78, 5) is 17.7. The molecule has 0 bridgehead atoms. The second-order valence-corrected chi connectivity index (χ2v) is 8.54. The van der Waals surface area contributed by atoms with E-state index >= 15 is 0 Å². The molecule has 1 aromatic carbocycles. The molecule has 150 valence electrons. The number of hydrogen-bond donors (Lipinski definition) is 0. The molecule has 2 aliphatic heterocycles. The minimum Gasteiger partial charge on any atom is -0.378 e. The van der Waals surface area contributed by atoms with E-state index in [2.05, 4.69) is 51.1 Å². The number of anilines is 1. The molecular formula is C22H23BrN4O2. The van der Waals surface area contributed by atoms with Crippen molar-refractivity contribution >= 4 is 33.0 Å². The third-order valence-corrected chi connectivity index (χ3v) is 6.41. The largest absolute Gasteiger partial charge is 0.378 e. The van der Waals surface area contributed by atoms with E-state index in [1.165, 1.54) is 16.8 Å². The summed E-state index contributed by atoms with van der Waals surface area (Å²) >= 11 is 3.46. The predicted octanol–water partition coefficient (Wildman–Crippen LogP) is 3.69. The van der Waals surface area contributed by atoms with Gasteiger partial charge in [0.15, 0.2) is 5.69 Å². The van der Waals surface area contributed by atoms with Crippen molar-refractivity contribution in [2.75, 3.05) is 37.7 Å². The van der Waals surface area contributed by atoms with Crippen molar-refractivity contribution in [1.82, 2.24) is 14.5 Å². The minimum atomic E-state index is -0.0141. The maximum Gasteiger partial charge on any atom is 0.274 e. The first-order valence-electron chi connectivity index (χ1n) is 10.0. The van der Waals surface area contributed by atoms with Crippen LogP contribution in [0.1, 0.15) is 34.6 Å². The van der Waals surface area contributed by atoms with Gasteiger partial charge < -0.3 is 14.5 Å². The Morgan fingerprint density at radius 1 is 1.17 bits per heavy atom. The van der Waals surface area contributed by atoms with Crippen molar-refractivity contribution in [2.24, 2.45) is 0 Å². The molecule has 0 radical (unpaired) electrons. The van der Waals surface area contributed by atoms with Crippen LogP contribution in [0.15, 0.2) is 47.1 Å². The molecule has 1 unspecified atom stereocenters. The molecule has 4 heterocycles. The number of halogens is 1. The van der Waals surface area contributed by atoms with Crippen LogP contribution in [0.3, 0.4) is 0 Å².